The smallest absolute Gasteiger partial charge is 0.135 e. The fourth-order valence-electron chi connectivity index (χ4n) is 2.47. The van der Waals surface area contributed by atoms with Gasteiger partial charge in [-0.2, -0.15) is 0 Å². The van der Waals surface area contributed by atoms with Gasteiger partial charge < -0.3 is 9.32 Å². The van der Waals surface area contributed by atoms with Crippen molar-refractivity contribution in [2.45, 2.75) is 6.54 Å². The second-order valence-electron chi connectivity index (χ2n) is 4.95. The predicted octanol–water partition coefficient (Wildman–Crippen LogP) is 2.94. The summed E-state index contributed by atoms with van der Waals surface area (Å²) >= 11 is 3.61. The van der Waals surface area contributed by atoms with Gasteiger partial charge in [-0.15, -0.1) is 0 Å². The Hall–Kier alpha value is -0.840. The molecule has 0 saturated carbocycles. The number of likely N-dealkylation sites (N-methyl/N-ethyl adjacent to an activating group) is 1. The average Bonchev–Trinajstić information content (AvgIpc) is 2.77. The van der Waals surface area contributed by atoms with E-state index in [1.165, 1.54) is 10.9 Å². The Morgan fingerprint density at radius 1 is 1.22 bits per heavy atom. The van der Waals surface area contributed by atoms with Crippen molar-refractivity contribution in [1.29, 1.82) is 0 Å². The van der Waals surface area contributed by atoms with Crippen molar-refractivity contribution in [3.8, 4) is 0 Å². The highest BCUT2D eigenvalue weighted by Crippen LogP contribution is 2.29. The van der Waals surface area contributed by atoms with Crippen LogP contribution in [0.15, 0.2) is 33.4 Å². The number of hydrogen-bond donors (Lipinski definition) is 0. The minimum atomic E-state index is 0.966. The molecule has 0 bridgehead atoms. The topological polar surface area (TPSA) is 19.6 Å². The van der Waals surface area contributed by atoms with Crippen molar-refractivity contribution < 1.29 is 4.42 Å². The zero-order valence-corrected chi connectivity index (χ0v) is 12.1. The first-order valence-electron chi connectivity index (χ1n) is 6.29. The van der Waals surface area contributed by atoms with Gasteiger partial charge in [0.2, 0.25) is 0 Å². The summed E-state index contributed by atoms with van der Waals surface area (Å²) in [4.78, 5) is 4.86. The highest BCUT2D eigenvalue weighted by atomic mass is 79.9. The summed E-state index contributed by atoms with van der Waals surface area (Å²) in [5.74, 6) is 0. The minimum absolute atomic E-state index is 0.966. The van der Waals surface area contributed by atoms with E-state index < -0.39 is 0 Å². The normalized spacial score (nSPS) is 18.6. The van der Waals surface area contributed by atoms with Crippen molar-refractivity contribution in [2.75, 3.05) is 33.2 Å². The molecule has 0 aliphatic carbocycles. The molecule has 0 radical (unpaired) electrons. The standard InChI is InChI=1S/C14H17BrN2O/c1-16-5-7-17(8-6-16)9-11-10-18-13-4-2-3-12(15)14(11)13/h2-4,10H,5-9H2,1H3. The van der Waals surface area contributed by atoms with Crippen molar-refractivity contribution in [3.63, 3.8) is 0 Å². The highest BCUT2D eigenvalue weighted by molar-refractivity contribution is 9.10. The van der Waals surface area contributed by atoms with E-state index in [2.05, 4.69) is 38.8 Å². The molecule has 96 valence electrons. The SMILES string of the molecule is CN1CCN(Cc2coc3cccc(Br)c23)CC1. The van der Waals surface area contributed by atoms with Gasteiger partial charge in [0.25, 0.3) is 0 Å². The molecule has 0 amide bonds. The van der Waals surface area contributed by atoms with Crippen molar-refractivity contribution in [1.82, 2.24) is 9.80 Å². The quantitative estimate of drug-likeness (QED) is 0.850. The summed E-state index contributed by atoms with van der Waals surface area (Å²) in [6.45, 7) is 5.54. The maximum Gasteiger partial charge on any atom is 0.135 e. The Morgan fingerprint density at radius 2 is 2.00 bits per heavy atom. The number of fused-ring (bicyclic) bond motifs is 1. The molecule has 1 saturated heterocycles. The third-order valence-corrected chi connectivity index (χ3v) is 4.28. The summed E-state index contributed by atoms with van der Waals surface area (Å²) in [7, 11) is 2.18. The molecule has 0 unspecified atom stereocenters. The summed E-state index contributed by atoms with van der Waals surface area (Å²) < 4.78 is 6.75. The van der Waals surface area contributed by atoms with Crippen LogP contribution in [0.3, 0.4) is 0 Å². The Morgan fingerprint density at radius 3 is 2.78 bits per heavy atom. The van der Waals surface area contributed by atoms with Gasteiger partial charge >= 0.3 is 0 Å². The van der Waals surface area contributed by atoms with Crippen LogP contribution < -0.4 is 0 Å². The molecule has 3 nitrogen and oxygen atoms in total. The second kappa shape index (κ2) is 5.03. The van der Waals surface area contributed by atoms with E-state index in [9.17, 15) is 0 Å². The van der Waals surface area contributed by atoms with Gasteiger partial charge in [-0.05, 0) is 19.2 Å². The van der Waals surface area contributed by atoms with Crippen LogP contribution in [-0.4, -0.2) is 43.0 Å². The predicted molar refractivity (Wildman–Crippen MR) is 76.7 cm³/mol. The van der Waals surface area contributed by atoms with Crippen LogP contribution in [0.1, 0.15) is 5.56 Å². The lowest BCUT2D eigenvalue weighted by atomic mass is 10.1. The van der Waals surface area contributed by atoms with E-state index in [1.54, 1.807) is 0 Å². The van der Waals surface area contributed by atoms with Crippen molar-refractivity contribution in [2.24, 2.45) is 0 Å². The molecule has 1 aromatic heterocycles. The van der Waals surface area contributed by atoms with Crippen molar-refractivity contribution in [3.05, 3.63) is 34.5 Å². The van der Waals surface area contributed by atoms with Gasteiger partial charge in [-0.3, -0.25) is 4.90 Å². The van der Waals surface area contributed by atoms with Gasteiger partial charge in [0.1, 0.15) is 5.58 Å². The maximum atomic E-state index is 5.63. The number of hydrogen-bond acceptors (Lipinski definition) is 3. The molecule has 1 aromatic carbocycles. The minimum Gasteiger partial charge on any atom is -0.464 e. The molecule has 0 atom stereocenters. The molecule has 18 heavy (non-hydrogen) atoms. The number of piperazine rings is 1. The lowest BCUT2D eigenvalue weighted by molar-refractivity contribution is 0.148. The first-order valence-corrected chi connectivity index (χ1v) is 7.09. The van der Waals surface area contributed by atoms with Crippen LogP contribution in [0.2, 0.25) is 0 Å². The average molecular weight is 309 g/mol. The second-order valence-corrected chi connectivity index (χ2v) is 5.81. The zero-order valence-electron chi connectivity index (χ0n) is 10.5. The Kier molecular flexibility index (Phi) is 3.41. The van der Waals surface area contributed by atoms with Gasteiger partial charge in [-0.1, -0.05) is 22.0 Å². The van der Waals surface area contributed by atoms with Gasteiger partial charge in [0, 0.05) is 48.1 Å². The number of benzene rings is 1. The van der Waals surface area contributed by atoms with Crippen LogP contribution in [0.4, 0.5) is 0 Å². The van der Waals surface area contributed by atoms with E-state index >= 15 is 0 Å². The molecule has 2 aromatic rings. The molecular formula is C14H17BrN2O. The van der Waals surface area contributed by atoms with E-state index in [4.69, 9.17) is 4.42 Å². The molecular weight excluding hydrogens is 292 g/mol. The molecule has 0 N–H and O–H groups in total. The third kappa shape index (κ3) is 2.32. The first-order chi connectivity index (χ1) is 8.74. The van der Waals surface area contributed by atoms with Crippen LogP contribution in [-0.2, 0) is 6.54 Å². The highest BCUT2D eigenvalue weighted by Gasteiger charge is 2.17. The lowest BCUT2D eigenvalue weighted by Gasteiger charge is -2.32. The van der Waals surface area contributed by atoms with Gasteiger partial charge in [0.05, 0.1) is 6.26 Å². The molecule has 0 spiro atoms. The van der Waals surface area contributed by atoms with E-state index in [0.717, 1.165) is 42.8 Å². The molecule has 1 aliphatic rings. The molecule has 3 rings (SSSR count). The van der Waals surface area contributed by atoms with Gasteiger partial charge in [0.15, 0.2) is 0 Å². The van der Waals surface area contributed by atoms with Crippen LogP contribution in [0, 0.1) is 0 Å². The third-order valence-electron chi connectivity index (χ3n) is 3.61. The summed E-state index contributed by atoms with van der Waals surface area (Å²) in [5, 5.41) is 1.22. The maximum absolute atomic E-state index is 5.63. The fraction of sp³-hybridized carbons (Fsp3) is 0.429. The lowest BCUT2D eigenvalue weighted by Crippen LogP contribution is -2.43. The van der Waals surface area contributed by atoms with Crippen LogP contribution in [0.25, 0.3) is 11.0 Å². The van der Waals surface area contributed by atoms with Crippen LogP contribution >= 0.6 is 15.9 Å². The summed E-state index contributed by atoms with van der Waals surface area (Å²) in [5.41, 5.74) is 2.25. The monoisotopic (exact) mass is 308 g/mol. The fourth-order valence-corrected chi connectivity index (χ4v) is 3.07. The van der Waals surface area contributed by atoms with E-state index in [1.807, 2.05) is 18.4 Å². The Labute approximate surface area is 115 Å². The van der Waals surface area contributed by atoms with Crippen LogP contribution in [0.5, 0.6) is 0 Å². The number of nitrogens with zero attached hydrogens (tertiary/aromatic N) is 2. The molecule has 2 heterocycles. The number of rotatable bonds is 2. The summed E-state index contributed by atoms with van der Waals surface area (Å²) in [6.07, 6.45) is 1.90. The number of furan rings is 1. The largest absolute Gasteiger partial charge is 0.464 e. The first kappa shape index (κ1) is 12.2. The molecule has 1 fully saturated rings. The molecule has 4 heteroatoms. The zero-order chi connectivity index (χ0) is 12.5. The Balaban J connectivity index is 1.82. The van der Waals surface area contributed by atoms with E-state index in [0.29, 0.717) is 0 Å². The molecule has 1 aliphatic heterocycles. The van der Waals surface area contributed by atoms with Crippen molar-refractivity contribution >= 4 is 26.9 Å². The Bertz CT molecular complexity index is 544. The van der Waals surface area contributed by atoms with Gasteiger partial charge in [-0.25, -0.2) is 0 Å². The number of halogens is 1. The summed E-state index contributed by atoms with van der Waals surface area (Å²) in [6, 6.07) is 6.11. The van der Waals surface area contributed by atoms with E-state index in [-0.39, 0.29) is 0 Å².